The number of nitrogens with one attached hydrogen (secondary N) is 1. The van der Waals surface area contributed by atoms with Crippen molar-refractivity contribution in [3.05, 3.63) is 18.2 Å². The SMILES string of the molecule is CCCn1cncc1CNC1CC(C)(C)CC(C)(C)C1. The molecule has 1 aliphatic carbocycles. The molecule has 0 unspecified atom stereocenters. The van der Waals surface area contributed by atoms with Crippen molar-refractivity contribution in [3.63, 3.8) is 0 Å². The molecule has 0 amide bonds. The Hall–Kier alpha value is -0.830. The monoisotopic (exact) mass is 277 g/mol. The number of aryl methyl sites for hydroxylation is 1. The van der Waals surface area contributed by atoms with Gasteiger partial charge in [0.1, 0.15) is 0 Å². The third-order valence-electron chi connectivity index (χ3n) is 4.39. The molecular formula is C17H31N3. The molecule has 2 rings (SSSR count). The first-order chi connectivity index (χ1) is 9.31. The molecule has 0 bridgehead atoms. The van der Waals surface area contributed by atoms with Crippen LogP contribution in [0.2, 0.25) is 0 Å². The molecule has 1 fully saturated rings. The van der Waals surface area contributed by atoms with Crippen molar-refractivity contribution in [3.8, 4) is 0 Å². The predicted molar refractivity (Wildman–Crippen MR) is 84.6 cm³/mol. The molecular weight excluding hydrogens is 246 g/mol. The quantitative estimate of drug-likeness (QED) is 0.882. The molecule has 1 heterocycles. The van der Waals surface area contributed by atoms with Gasteiger partial charge in [0.05, 0.1) is 12.0 Å². The van der Waals surface area contributed by atoms with Gasteiger partial charge in [0.25, 0.3) is 0 Å². The van der Waals surface area contributed by atoms with E-state index in [-0.39, 0.29) is 0 Å². The van der Waals surface area contributed by atoms with Gasteiger partial charge in [-0.25, -0.2) is 4.98 Å². The topological polar surface area (TPSA) is 29.9 Å². The van der Waals surface area contributed by atoms with E-state index in [9.17, 15) is 0 Å². The lowest BCUT2D eigenvalue weighted by Gasteiger charge is -2.45. The third-order valence-corrected chi connectivity index (χ3v) is 4.39. The van der Waals surface area contributed by atoms with Crippen LogP contribution in [0.4, 0.5) is 0 Å². The van der Waals surface area contributed by atoms with Gasteiger partial charge in [0.15, 0.2) is 0 Å². The minimum Gasteiger partial charge on any atom is -0.333 e. The smallest absolute Gasteiger partial charge is 0.0948 e. The van der Waals surface area contributed by atoms with Crippen molar-refractivity contribution in [2.24, 2.45) is 10.8 Å². The number of imidazole rings is 1. The molecule has 20 heavy (non-hydrogen) atoms. The lowest BCUT2D eigenvalue weighted by Crippen LogP contribution is -2.43. The highest BCUT2D eigenvalue weighted by Crippen LogP contribution is 2.45. The molecule has 0 aromatic carbocycles. The molecule has 0 aliphatic heterocycles. The zero-order chi connectivity index (χ0) is 14.8. The maximum absolute atomic E-state index is 4.28. The molecule has 1 aliphatic rings. The van der Waals surface area contributed by atoms with Gasteiger partial charge in [-0.2, -0.15) is 0 Å². The van der Waals surface area contributed by atoms with E-state index in [1.54, 1.807) is 0 Å². The maximum Gasteiger partial charge on any atom is 0.0948 e. The van der Waals surface area contributed by atoms with E-state index >= 15 is 0 Å². The summed E-state index contributed by atoms with van der Waals surface area (Å²) in [6.45, 7) is 13.8. The van der Waals surface area contributed by atoms with Crippen molar-refractivity contribution >= 4 is 0 Å². The van der Waals surface area contributed by atoms with Crippen molar-refractivity contribution in [1.29, 1.82) is 0 Å². The second-order valence-electron chi connectivity index (χ2n) is 8.07. The highest BCUT2D eigenvalue weighted by molar-refractivity contribution is 5.00. The van der Waals surface area contributed by atoms with Crippen LogP contribution in [0.1, 0.15) is 66.0 Å². The third kappa shape index (κ3) is 4.08. The Morgan fingerprint density at radius 1 is 1.25 bits per heavy atom. The highest BCUT2D eigenvalue weighted by Gasteiger charge is 2.38. The normalized spacial score (nSPS) is 22.1. The van der Waals surface area contributed by atoms with Crippen LogP contribution in [0.25, 0.3) is 0 Å². The average Bonchev–Trinajstić information content (AvgIpc) is 2.70. The van der Waals surface area contributed by atoms with Crippen LogP contribution in [0.3, 0.4) is 0 Å². The summed E-state index contributed by atoms with van der Waals surface area (Å²) in [5.74, 6) is 0. The Balaban J connectivity index is 1.94. The lowest BCUT2D eigenvalue weighted by atomic mass is 9.63. The van der Waals surface area contributed by atoms with Gasteiger partial charge in [-0.3, -0.25) is 0 Å². The fourth-order valence-corrected chi connectivity index (χ4v) is 4.18. The minimum absolute atomic E-state index is 0.447. The Kier molecular flexibility index (Phi) is 4.58. The summed E-state index contributed by atoms with van der Waals surface area (Å²) < 4.78 is 2.27. The lowest BCUT2D eigenvalue weighted by molar-refractivity contribution is 0.0842. The number of rotatable bonds is 5. The summed E-state index contributed by atoms with van der Waals surface area (Å²) in [6.07, 6.45) is 8.99. The first kappa shape index (κ1) is 15.6. The summed E-state index contributed by atoms with van der Waals surface area (Å²) in [4.78, 5) is 4.28. The van der Waals surface area contributed by atoms with E-state index in [2.05, 4.69) is 49.5 Å². The van der Waals surface area contributed by atoms with E-state index in [0.29, 0.717) is 16.9 Å². The van der Waals surface area contributed by atoms with Crippen LogP contribution in [0, 0.1) is 10.8 Å². The van der Waals surface area contributed by atoms with Crippen molar-refractivity contribution in [1.82, 2.24) is 14.9 Å². The van der Waals surface area contributed by atoms with Gasteiger partial charge in [0.2, 0.25) is 0 Å². The summed E-state index contributed by atoms with van der Waals surface area (Å²) >= 11 is 0. The largest absolute Gasteiger partial charge is 0.333 e. The zero-order valence-electron chi connectivity index (χ0n) is 13.9. The predicted octanol–water partition coefficient (Wildman–Crippen LogP) is 3.99. The second kappa shape index (κ2) is 5.88. The summed E-state index contributed by atoms with van der Waals surface area (Å²) in [5.41, 5.74) is 2.21. The second-order valence-corrected chi connectivity index (χ2v) is 8.07. The van der Waals surface area contributed by atoms with Gasteiger partial charge in [0, 0.05) is 25.3 Å². The van der Waals surface area contributed by atoms with Gasteiger partial charge < -0.3 is 9.88 Å². The fourth-order valence-electron chi connectivity index (χ4n) is 4.18. The molecule has 0 radical (unpaired) electrons. The van der Waals surface area contributed by atoms with Crippen LogP contribution in [-0.4, -0.2) is 15.6 Å². The molecule has 1 saturated carbocycles. The van der Waals surface area contributed by atoms with Gasteiger partial charge in [-0.1, -0.05) is 34.6 Å². The Morgan fingerprint density at radius 3 is 2.50 bits per heavy atom. The molecule has 0 saturated heterocycles. The van der Waals surface area contributed by atoms with Crippen LogP contribution >= 0.6 is 0 Å². The van der Waals surface area contributed by atoms with E-state index in [1.807, 2.05) is 12.5 Å². The molecule has 3 nitrogen and oxygen atoms in total. The number of hydrogen-bond donors (Lipinski definition) is 1. The zero-order valence-corrected chi connectivity index (χ0v) is 13.9. The van der Waals surface area contributed by atoms with E-state index in [1.165, 1.54) is 25.0 Å². The Bertz CT molecular complexity index is 415. The van der Waals surface area contributed by atoms with Crippen LogP contribution < -0.4 is 5.32 Å². The molecule has 0 spiro atoms. The standard InChI is InChI=1S/C17H31N3/c1-6-7-20-13-18-10-15(20)11-19-14-8-16(2,3)12-17(4,5)9-14/h10,13-14,19H,6-9,11-12H2,1-5H3. The van der Waals surface area contributed by atoms with Crippen LogP contribution in [0.5, 0.6) is 0 Å². The van der Waals surface area contributed by atoms with Crippen molar-refractivity contribution < 1.29 is 0 Å². The Morgan fingerprint density at radius 2 is 1.90 bits per heavy atom. The summed E-state index contributed by atoms with van der Waals surface area (Å²) in [6, 6.07) is 0.624. The summed E-state index contributed by atoms with van der Waals surface area (Å²) in [7, 11) is 0. The molecule has 1 aromatic rings. The Labute approximate surface area is 124 Å². The van der Waals surface area contributed by atoms with Crippen LogP contribution in [-0.2, 0) is 13.1 Å². The van der Waals surface area contributed by atoms with Crippen LogP contribution in [0.15, 0.2) is 12.5 Å². The molecule has 3 heteroatoms. The molecule has 0 atom stereocenters. The number of nitrogens with zero attached hydrogens (tertiary/aromatic N) is 2. The van der Waals surface area contributed by atoms with Gasteiger partial charge in [-0.15, -0.1) is 0 Å². The van der Waals surface area contributed by atoms with E-state index in [4.69, 9.17) is 0 Å². The fraction of sp³-hybridized carbons (Fsp3) is 0.824. The minimum atomic E-state index is 0.447. The molecule has 1 N–H and O–H groups in total. The molecule has 114 valence electrons. The van der Waals surface area contributed by atoms with E-state index in [0.717, 1.165) is 19.5 Å². The van der Waals surface area contributed by atoms with Gasteiger partial charge in [-0.05, 0) is 36.5 Å². The highest BCUT2D eigenvalue weighted by atomic mass is 15.1. The first-order valence-corrected chi connectivity index (χ1v) is 8.04. The van der Waals surface area contributed by atoms with Gasteiger partial charge >= 0.3 is 0 Å². The average molecular weight is 277 g/mol. The van der Waals surface area contributed by atoms with E-state index < -0.39 is 0 Å². The van der Waals surface area contributed by atoms with Crippen molar-refractivity contribution in [2.45, 2.75) is 79.4 Å². The maximum atomic E-state index is 4.28. The number of hydrogen-bond acceptors (Lipinski definition) is 2. The summed E-state index contributed by atoms with van der Waals surface area (Å²) in [5, 5.41) is 3.77. The molecule has 1 aromatic heterocycles. The van der Waals surface area contributed by atoms with Crippen molar-refractivity contribution in [2.75, 3.05) is 0 Å². The number of aromatic nitrogens is 2. The first-order valence-electron chi connectivity index (χ1n) is 8.04.